The Morgan fingerprint density at radius 1 is 1.20 bits per heavy atom. The average molecular weight is 277 g/mol. The van der Waals surface area contributed by atoms with Gasteiger partial charge in [-0.3, -0.25) is 0 Å². The fourth-order valence-corrected chi connectivity index (χ4v) is 2.53. The van der Waals surface area contributed by atoms with Crippen molar-refractivity contribution in [2.75, 3.05) is 51.5 Å². The number of anilines is 1. The number of rotatable bonds is 7. The summed E-state index contributed by atoms with van der Waals surface area (Å²) < 4.78 is 0. The van der Waals surface area contributed by atoms with Gasteiger partial charge in [0.25, 0.3) is 0 Å². The summed E-state index contributed by atoms with van der Waals surface area (Å²) in [5.74, 6) is 0.583. The summed E-state index contributed by atoms with van der Waals surface area (Å²) in [7, 11) is 0. The minimum absolute atomic E-state index is 0.583. The number of nitrogens with one attached hydrogen (secondary N) is 1. The summed E-state index contributed by atoms with van der Waals surface area (Å²) in [6.07, 6.45) is 3.04. The highest BCUT2D eigenvalue weighted by Gasteiger charge is 2.14. The highest BCUT2D eigenvalue weighted by molar-refractivity contribution is 5.29. The van der Waals surface area contributed by atoms with Crippen LogP contribution in [0.2, 0.25) is 0 Å². The van der Waals surface area contributed by atoms with Gasteiger partial charge in [0.1, 0.15) is 5.82 Å². The summed E-state index contributed by atoms with van der Waals surface area (Å²) in [5, 5.41) is 3.46. The van der Waals surface area contributed by atoms with E-state index in [0.29, 0.717) is 5.82 Å². The van der Waals surface area contributed by atoms with Gasteiger partial charge in [-0.25, -0.2) is 4.98 Å². The maximum atomic E-state index is 5.56. The van der Waals surface area contributed by atoms with E-state index in [-0.39, 0.29) is 0 Å². The number of nitrogen functional groups attached to an aromatic ring is 1. The molecular weight excluding hydrogens is 250 g/mol. The standard InChI is InChI=1S/C15H27N5/c1-2-19-8-10-20(11-9-19)7-3-6-17-12-14-4-5-15(16)18-13-14/h4-5,13,17H,2-3,6-12H2,1H3,(H2,16,18). The zero-order valence-corrected chi connectivity index (χ0v) is 12.5. The van der Waals surface area contributed by atoms with Gasteiger partial charge < -0.3 is 20.9 Å². The summed E-state index contributed by atoms with van der Waals surface area (Å²) in [6.45, 7) is 11.4. The van der Waals surface area contributed by atoms with Crippen molar-refractivity contribution in [3.8, 4) is 0 Å². The van der Waals surface area contributed by atoms with Crippen LogP contribution in [0, 0.1) is 0 Å². The van der Waals surface area contributed by atoms with E-state index >= 15 is 0 Å². The van der Waals surface area contributed by atoms with E-state index in [2.05, 4.69) is 27.0 Å². The Morgan fingerprint density at radius 2 is 1.95 bits per heavy atom. The van der Waals surface area contributed by atoms with Gasteiger partial charge in [-0.1, -0.05) is 13.0 Å². The molecule has 1 aromatic heterocycles. The molecule has 0 spiro atoms. The Hall–Kier alpha value is -1.17. The Labute approximate surface area is 122 Å². The predicted molar refractivity (Wildman–Crippen MR) is 83.5 cm³/mol. The lowest BCUT2D eigenvalue weighted by molar-refractivity contribution is 0.136. The lowest BCUT2D eigenvalue weighted by atomic mass is 10.2. The van der Waals surface area contributed by atoms with Crippen LogP contribution in [0.25, 0.3) is 0 Å². The minimum atomic E-state index is 0.583. The monoisotopic (exact) mass is 277 g/mol. The van der Waals surface area contributed by atoms with E-state index in [1.54, 1.807) is 0 Å². The van der Waals surface area contributed by atoms with Gasteiger partial charge in [0.15, 0.2) is 0 Å². The van der Waals surface area contributed by atoms with Gasteiger partial charge in [-0.2, -0.15) is 0 Å². The lowest BCUT2D eigenvalue weighted by Crippen LogP contribution is -2.46. The molecule has 2 heterocycles. The van der Waals surface area contributed by atoms with E-state index in [1.807, 2.05) is 18.3 Å². The molecule has 2 rings (SSSR count). The molecule has 0 atom stereocenters. The summed E-state index contributed by atoms with van der Waals surface area (Å²) in [5.41, 5.74) is 6.76. The number of pyridine rings is 1. The molecule has 112 valence electrons. The van der Waals surface area contributed by atoms with Crippen LogP contribution in [-0.4, -0.2) is 60.6 Å². The quantitative estimate of drug-likeness (QED) is 0.721. The third kappa shape index (κ3) is 5.07. The van der Waals surface area contributed by atoms with E-state index in [0.717, 1.165) is 13.1 Å². The molecule has 0 amide bonds. The average Bonchev–Trinajstić information content (AvgIpc) is 2.49. The molecule has 1 saturated heterocycles. The van der Waals surface area contributed by atoms with Crippen molar-refractivity contribution in [3.63, 3.8) is 0 Å². The largest absolute Gasteiger partial charge is 0.384 e. The zero-order valence-electron chi connectivity index (χ0n) is 12.5. The second-order valence-electron chi connectivity index (χ2n) is 5.40. The first-order valence-electron chi connectivity index (χ1n) is 7.63. The van der Waals surface area contributed by atoms with E-state index in [9.17, 15) is 0 Å². The van der Waals surface area contributed by atoms with Gasteiger partial charge in [-0.05, 0) is 37.7 Å². The number of hydrogen-bond acceptors (Lipinski definition) is 5. The number of likely N-dealkylation sites (N-methyl/N-ethyl adjacent to an activating group) is 1. The van der Waals surface area contributed by atoms with Gasteiger partial charge in [0.2, 0.25) is 0 Å². The number of aromatic nitrogens is 1. The molecule has 5 heteroatoms. The van der Waals surface area contributed by atoms with Crippen LogP contribution in [0.1, 0.15) is 18.9 Å². The Bertz CT molecular complexity index is 370. The molecule has 20 heavy (non-hydrogen) atoms. The zero-order chi connectivity index (χ0) is 14.2. The first-order chi connectivity index (χ1) is 9.78. The van der Waals surface area contributed by atoms with E-state index in [1.165, 1.54) is 51.3 Å². The molecule has 0 unspecified atom stereocenters. The smallest absolute Gasteiger partial charge is 0.123 e. The van der Waals surface area contributed by atoms with E-state index in [4.69, 9.17) is 5.73 Å². The molecule has 0 aromatic carbocycles. The van der Waals surface area contributed by atoms with Gasteiger partial charge in [-0.15, -0.1) is 0 Å². The van der Waals surface area contributed by atoms with Crippen molar-refractivity contribution in [1.82, 2.24) is 20.1 Å². The van der Waals surface area contributed by atoms with Crippen LogP contribution < -0.4 is 11.1 Å². The molecule has 0 aliphatic carbocycles. The van der Waals surface area contributed by atoms with Crippen molar-refractivity contribution >= 4 is 5.82 Å². The van der Waals surface area contributed by atoms with Crippen LogP contribution >= 0.6 is 0 Å². The Kier molecular flexibility index (Phi) is 6.24. The van der Waals surface area contributed by atoms with Crippen LogP contribution in [0.4, 0.5) is 5.82 Å². The molecule has 0 bridgehead atoms. The molecule has 0 radical (unpaired) electrons. The van der Waals surface area contributed by atoms with Crippen LogP contribution in [0.3, 0.4) is 0 Å². The number of hydrogen-bond donors (Lipinski definition) is 2. The van der Waals surface area contributed by atoms with Crippen LogP contribution in [0.5, 0.6) is 0 Å². The van der Waals surface area contributed by atoms with Crippen molar-refractivity contribution < 1.29 is 0 Å². The SMILES string of the molecule is CCN1CCN(CCCNCc2ccc(N)nc2)CC1. The molecule has 1 aromatic rings. The molecule has 1 fully saturated rings. The second-order valence-corrected chi connectivity index (χ2v) is 5.40. The highest BCUT2D eigenvalue weighted by Crippen LogP contribution is 2.02. The first kappa shape index (κ1) is 15.2. The summed E-state index contributed by atoms with van der Waals surface area (Å²) >= 11 is 0. The van der Waals surface area contributed by atoms with Crippen molar-refractivity contribution in [2.24, 2.45) is 0 Å². The number of nitrogens with two attached hydrogens (primary N) is 1. The summed E-state index contributed by atoms with van der Waals surface area (Å²) in [6, 6.07) is 3.88. The fourth-order valence-electron chi connectivity index (χ4n) is 2.53. The maximum Gasteiger partial charge on any atom is 0.123 e. The maximum absolute atomic E-state index is 5.56. The molecular formula is C15H27N5. The highest BCUT2D eigenvalue weighted by atomic mass is 15.3. The third-order valence-corrected chi connectivity index (χ3v) is 3.92. The van der Waals surface area contributed by atoms with Crippen molar-refractivity contribution in [2.45, 2.75) is 19.9 Å². The van der Waals surface area contributed by atoms with E-state index < -0.39 is 0 Å². The van der Waals surface area contributed by atoms with Crippen molar-refractivity contribution in [3.05, 3.63) is 23.9 Å². The molecule has 0 saturated carbocycles. The topological polar surface area (TPSA) is 57.4 Å². The minimum Gasteiger partial charge on any atom is -0.384 e. The molecule has 3 N–H and O–H groups in total. The molecule has 1 aliphatic rings. The van der Waals surface area contributed by atoms with Crippen LogP contribution in [0.15, 0.2) is 18.3 Å². The number of nitrogens with zero attached hydrogens (tertiary/aromatic N) is 3. The number of piperazine rings is 1. The normalized spacial score (nSPS) is 17.4. The van der Waals surface area contributed by atoms with Gasteiger partial charge in [0.05, 0.1) is 0 Å². The first-order valence-corrected chi connectivity index (χ1v) is 7.63. The predicted octanol–water partition coefficient (Wildman–Crippen LogP) is 0.781. The van der Waals surface area contributed by atoms with Gasteiger partial charge in [0, 0.05) is 38.9 Å². The van der Waals surface area contributed by atoms with Gasteiger partial charge >= 0.3 is 0 Å². The molecule has 1 aliphatic heterocycles. The lowest BCUT2D eigenvalue weighted by Gasteiger charge is -2.33. The van der Waals surface area contributed by atoms with Crippen LogP contribution in [-0.2, 0) is 6.54 Å². The fraction of sp³-hybridized carbons (Fsp3) is 0.667. The third-order valence-electron chi connectivity index (χ3n) is 3.92. The van der Waals surface area contributed by atoms with Crippen molar-refractivity contribution in [1.29, 1.82) is 0 Å². The second kappa shape index (κ2) is 8.19. The summed E-state index contributed by atoms with van der Waals surface area (Å²) in [4.78, 5) is 9.18. The molecule has 5 nitrogen and oxygen atoms in total. The Morgan fingerprint density at radius 3 is 2.60 bits per heavy atom. The Balaban J connectivity index is 1.52.